The second kappa shape index (κ2) is 6.59. The number of carbonyl (C=O) groups is 2. The van der Waals surface area contributed by atoms with Gasteiger partial charge in [-0.2, -0.15) is 0 Å². The fourth-order valence-electron chi connectivity index (χ4n) is 2.61. The molecule has 0 aromatic heterocycles. The van der Waals surface area contributed by atoms with Gasteiger partial charge < -0.3 is 10.2 Å². The van der Waals surface area contributed by atoms with Crippen LogP contribution in [0, 0.1) is 5.92 Å². The summed E-state index contributed by atoms with van der Waals surface area (Å²) >= 11 is 0. The summed E-state index contributed by atoms with van der Waals surface area (Å²) in [6, 6.07) is 0.0301. The maximum atomic E-state index is 10.7. The summed E-state index contributed by atoms with van der Waals surface area (Å²) in [5.41, 5.74) is 0. The molecule has 0 bridgehead atoms. The van der Waals surface area contributed by atoms with E-state index >= 15 is 0 Å². The van der Waals surface area contributed by atoms with Crippen LogP contribution in [0.2, 0.25) is 0 Å². The molecule has 0 heterocycles. The van der Waals surface area contributed by atoms with Crippen LogP contribution in [0.4, 0.5) is 0 Å². The summed E-state index contributed by atoms with van der Waals surface area (Å²) in [6.07, 6.45) is 5.74. The molecule has 0 saturated heterocycles. The maximum absolute atomic E-state index is 10.7. The number of nitrogens with zero attached hydrogens (tertiary/aromatic N) is 1. The normalized spacial score (nSPS) is 19.2. The average Bonchev–Trinajstić information content (AvgIpc) is 2.27. The fourth-order valence-corrected chi connectivity index (χ4v) is 2.61. The number of aliphatic carboxylic acids is 2. The van der Waals surface area contributed by atoms with E-state index in [-0.39, 0.29) is 19.1 Å². The summed E-state index contributed by atoms with van der Waals surface area (Å²) in [5, 5.41) is 17.6. The smallest absolute Gasteiger partial charge is 0.317 e. The molecule has 17 heavy (non-hydrogen) atoms. The second-order valence-corrected chi connectivity index (χ2v) is 4.83. The Morgan fingerprint density at radius 2 is 1.59 bits per heavy atom. The van der Waals surface area contributed by atoms with Crippen LogP contribution >= 0.6 is 0 Å². The zero-order chi connectivity index (χ0) is 12.8. The van der Waals surface area contributed by atoms with Gasteiger partial charge in [0.25, 0.3) is 0 Å². The second-order valence-electron chi connectivity index (χ2n) is 4.83. The lowest BCUT2D eigenvalue weighted by Gasteiger charge is -2.34. The van der Waals surface area contributed by atoms with Gasteiger partial charge in [0.15, 0.2) is 0 Å². The Hall–Kier alpha value is -1.10. The van der Waals surface area contributed by atoms with Gasteiger partial charge in [0.1, 0.15) is 0 Å². The largest absolute Gasteiger partial charge is 0.480 e. The minimum absolute atomic E-state index is 0.0301. The van der Waals surface area contributed by atoms with Crippen molar-refractivity contribution in [3.8, 4) is 0 Å². The molecule has 0 spiro atoms. The van der Waals surface area contributed by atoms with Crippen molar-refractivity contribution in [3.05, 3.63) is 0 Å². The molecule has 1 aliphatic rings. The average molecular weight is 243 g/mol. The molecule has 5 heteroatoms. The highest BCUT2D eigenvalue weighted by Gasteiger charge is 2.27. The van der Waals surface area contributed by atoms with E-state index in [1.54, 1.807) is 4.90 Å². The third-order valence-electron chi connectivity index (χ3n) is 3.58. The summed E-state index contributed by atoms with van der Waals surface area (Å²) in [5.74, 6) is -1.50. The molecule has 1 aliphatic carbocycles. The Morgan fingerprint density at radius 1 is 1.12 bits per heavy atom. The predicted molar refractivity (Wildman–Crippen MR) is 62.9 cm³/mol. The van der Waals surface area contributed by atoms with Crippen LogP contribution in [-0.2, 0) is 9.59 Å². The first kappa shape index (κ1) is 14.0. The fraction of sp³-hybridized carbons (Fsp3) is 0.833. The van der Waals surface area contributed by atoms with E-state index in [9.17, 15) is 9.59 Å². The van der Waals surface area contributed by atoms with Gasteiger partial charge in [0, 0.05) is 6.04 Å². The highest BCUT2D eigenvalue weighted by atomic mass is 16.4. The van der Waals surface area contributed by atoms with E-state index < -0.39 is 11.9 Å². The van der Waals surface area contributed by atoms with Crippen molar-refractivity contribution in [1.29, 1.82) is 0 Å². The molecular weight excluding hydrogens is 222 g/mol. The Kier molecular flexibility index (Phi) is 5.41. The van der Waals surface area contributed by atoms with Crippen molar-refractivity contribution >= 4 is 11.9 Å². The number of rotatable bonds is 6. The monoisotopic (exact) mass is 243 g/mol. The molecule has 98 valence electrons. The Morgan fingerprint density at radius 3 is 2.00 bits per heavy atom. The van der Waals surface area contributed by atoms with Crippen molar-refractivity contribution in [2.45, 2.75) is 45.1 Å². The third kappa shape index (κ3) is 4.73. The molecule has 0 aromatic rings. The first-order chi connectivity index (χ1) is 8.00. The third-order valence-corrected chi connectivity index (χ3v) is 3.58. The molecule has 0 aromatic carbocycles. The van der Waals surface area contributed by atoms with Crippen molar-refractivity contribution in [1.82, 2.24) is 4.90 Å². The zero-order valence-corrected chi connectivity index (χ0v) is 10.3. The van der Waals surface area contributed by atoms with Crippen molar-refractivity contribution in [3.63, 3.8) is 0 Å². The molecule has 0 amide bonds. The first-order valence-electron chi connectivity index (χ1n) is 6.18. The molecule has 1 fully saturated rings. The zero-order valence-electron chi connectivity index (χ0n) is 10.3. The number of carboxylic acid groups (broad SMARTS) is 2. The number of carboxylic acids is 2. The van der Waals surface area contributed by atoms with Crippen LogP contribution in [0.25, 0.3) is 0 Å². The van der Waals surface area contributed by atoms with Gasteiger partial charge in [-0.05, 0) is 25.7 Å². The molecule has 1 saturated carbocycles. The summed E-state index contributed by atoms with van der Waals surface area (Å²) in [4.78, 5) is 23.0. The van der Waals surface area contributed by atoms with E-state index in [1.165, 1.54) is 19.3 Å². The lowest BCUT2D eigenvalue weighted by atomic mass is 9.84. The minimum Gasteiger partial charge on any atom is -0.480 e. The molecule has 1 rings (SSSR count). The van der Waals surface area contributed by atoms with E-state index in [4.69, 9.17) is 10.2 Å². The highest BCUT2D eigenvalue weighted by Crippen LogP contribution is 2.28. The number of hydrogen-bond acceptors (Lipinski definition) is 3. The number of hydrogen-bond donors (Lipinski definition) is 2. The van der Waals surface area contributed by atoms with E-state index in [1.807, 2.05) is 6.92 Å². The van der Waals surface area contributed by atoms with Gasteiger partial charge in [-0.3, -0.25) is 14.5 Å². The molecule has 0 unspecified atom stereocenters. The van der Waals surface area contributed by atoms with Crippen LogP contribution in [0.1, 0.15) is 39.0 Å². The molecule has 0 radical (unpaired) electrons. The SMILES string of the molecule is C[C@@H](C1CCCCC1)N(CC(=O)O)CC(=O)O. The minimum atomic E-state index is -0.964. The summed E-state index contributed by atoms with van der Waals surface area (Å²) < 4.78 is 0. The van der Waals surface area contributed by atoms with Crippen molar-refractivity contribution < 1.29 is 19.8 Å². The summed E-state index contributed by atoms with van der Waals surface area (Å²) in [6.45, 7) is 1.57. The van der Waals surface area contributed by atoms with Gasteiger partial charge in [-0.25, -0.2) is 0 Å². The van der Waals surface area contributed by atoms with Crippen LogP contribution in [-0.4, -0.2) is 46.2 Å². The van der Waals surface area contributed by atoms with Gasteiger partial charge in [-0.1, -0.05) is 19.3 Å². The first-order valence-corrected chi connectivity index (χ1v) is 6.18. The van der Waals surface area contributed by atoms with Crippen molar-refractivity contribution in [2.24, 2.45) is 5.92 Å². The quantitative estimate of drug-likeness (QED) is 0.737. The molecule has 5 nitrogen and oxygen atoms in total. The molecular formula is C12H21NO4. The molecule has 1 atom stereocenters. The van der Waals surface area contributed by atoms with Gasteiger partial charge >= 0.3 is 11.9 Å². The van der Waals surface area contributed by atoms with E-state index in [0.717, 1.165) is 12.8 Å². The van der Waals surface area contributed by atoms with Gasteiger partial charge in [-0.15, -0.1) is 0 Å². The van der Waals surface area contributed by atoms with Crippen LogP contribution in [0.5, 0.6) is 0 Å². The lowest BCUT2D eigenvalue weighted by Crippen LogP contribution is -2.44. The molecule has 0 aliphatic heterocycles. The highest BCUT2D eigenvalue weighted by molar-refractivity contribution is 5.72. The Bertz CT molecular complexity index is 258. The topological polar surface area (TPSA) is 77.8 Å². The lowest BCUT2D eigenvalue weighted by molar-refractivity contribution is -0.143. The van der Waals surface area contributed by atoms with Crippen LogP contribution in [0.15, 0.2) is 0 Å². The Labute approximate surface area is 101 Å². The Balaban J connectivity index is 2.59. The van der Waals surface area contributed by atoms with Gasteiger partial charge in [0.2, 0.25) is 0 Å². The maximum Gasteiger partial charge on any atom is 0.317 e. The predicted octanol–water partition coefficient (Wildman–Crippen LogP) is 1.43. The van der Waals surface area contributed by atoms with Crippen molar-refractivity contribution in [2.75, 3.05) is 13.1 Å². The van der Waals surface area contributed by atoms with E-state index in [2.05, 4.69) is 0 Å². The van der Waals surface area contributed by atoms with E-state index in [0.29, 0.717) is 5.92 Å². The van der Waals surface area contributed by atoms with Gasteiger partial charge in [0.05, 0.1) is 13.1 Å². The summed E-state index contributed by atoms with van der Waals surface area (Å²) in [7, 11) is 0. The molecule has 2 N–H and O–H groups in total. The van der Waals surface area contributed by atoms with Crippen LogP contribution in [0.3, 0.4) is 0 Å². The van der Waals surface area contributed by atoms with Crippen LogP contribution < -0.4 is 0 Å². The standard InChI is InChI=1S/C12H21NO4/c1-9(10-5-3-2-4-6-10)13(7-11(14)15)8-12(16)17/h9-10H,2-8H2,1H3,(H,14,15)(H,16,17)/t9-/m0/s1.